The quantitative estimate of drug-likeness (QED) is 0.237. The molecule has 0 aromatic heterocycles. The molecule has 0 radical (unpaired) electrons. The van der Waals surface area contributed by atoms with Gasteiger partial charge >= 0.3 is 6.09 Å². The second-order valence-electron chi connectivity index (χ2n) is 5.92. The highest BCUT2D eigenvalue weighted by atomic mass is 79.9. The van der Waals surface area contributed by atoms with E-state index in [-0.39, 0.29) is 12.5 Å². The monoisotopic (exact) mass is 490 g/mol. The molecule has 0 aliphatic rings. The summed E-state index contributed by atoms with van der Waals surface area (Å²) < 4.78 is 26.5. The van der Waals surface area contributed by atoms with Crippen LogP contribution in [-0.4, -0.2) is 83.3 Å². The van der Waals surface area contributed by atoms with Crippen LogP contribution >= 0.6 is 15.9 Å². The molecule has 0 heterocycles. The topological polar surface area (TPSA) is 104 Å². The Hall–Kier alpha value is -1.72. The van der Waals surface area contributed by atoms with Gasteiger partial charge in [0.15, 0.2) is 0 Å². The van der Waals surface area contributed by atoms with Crippen LogP contribution in [0.15, 0.2) is 30.3 Å². The van der Waals surface area contributed by atoms with Crippen molar-refractivity contribution < 1.29 is 33.3 Å². The Morgan fingerprint density at radius 2 is 1.23 bits per heavy atom. The Labute approximate surface area is 185 Å². The molecule has 2 amide bonds. The molecule has 9 nitrogen and oxygen atoms in total. The lowest BCUT2D eigenvalue weighted by Crippen LogP contribution is -2.28. The van der Waals surface area contributed by atoms with E-state index in [4.69, 9.17) is 23.7 Å². The van der Waals surface area contributed by atoms with Gasteiger partial charge in [0.25, 0.3) is 0 Å². The van der Waals surface area contributed by atoms with Crippen LogP contribution in [0.25, 0.3) is 0 Å². The van der Waals surface area contributed by atoms with Crippen molar-refractivity contribution in [1.29, 1.82) is 0 Å². The largest absolute Gasteiger partial charge is 0.445 e. The molecule has 1 aromatic rings. The van der Waals surface area contributed by atoms with Crippen LogP contribution in [-0.2, 0) is 35.1 Å². The average molecular weight is 491 g/mol. The van der Waals surface area contributed by atoms with E-state index in [1.54, 1.807) is 0 Å². The van der Waals surface area contributed by atoms with Gasteiger partial charge in [0.05, 0.1) is 58.2 Å². The van der Waals surface area contributed by atoms with Crippen LogP contribution in [0.2, 0.25) is 0 Å². The number of carbonyl (C=O) groups excluding carboxylic acids is 2. The summed E-state index contributed by atoms with van der Waals surface area (Å²) in [6.07, 6.45) is -0.469. The molecule has 0 bridgehead atoms. The summed E-state index contributed by atoms with van der Waals surface area (Å²) in [6.45, 7) is 4.69. The molecule has 0 aliphatic carbocycles. The van der Waals surface area contributed by atoms with Crippen LogP contribution in [0, 0.1) is 0 Å². The van der Waals surface area contributed by atoms with Crippen LogP contribution in [0.4, 0.5) is 4.79 Å². The van der Waals surface area contributed by atoms with E-state index >= 15 is 0 Å². The smallest absolute Gasteiger partial charge is 0.407 e. The molecule has 0 aliphatic heterocycles. The molecule has 0 fully saturated rings. The summed E-state index contributed by atoms with van der Waals surface area (Å²) in [5, 5.41) is 5.60. The Kier molecular flexibility index (Phi) is 16.9. The van der Waals surface area contributed by atoms with Crippen LogP contribution in [0.5, 0.6) is 0 Å². The molecule has 0 spiro atoms. The van der Waals surface area contributed by atoms with E-state index in [0.717, 1.165) is 5.56 Å². The van der Waals surface area contributed by atoms with Crippen molar-refractivity contribution in [3.8, 4) is 0 Å². The highest BCUT2D eigenvalue weighted by molar-refractivity contribution is 9.09. The van der Waals surface area contributed by atoms with Gasteiger partial charge in [0.2, 0.25) is 5.91 Å². The maximum atomic E-state index is 11.5. The SMILES string of the molecule is O=C(CBr)NCCOCCOCCOCCOCCNC(=O)OCc1ccccc1. The predicted octanol–water partition coefficient (Wildman–Crippen LogP) is 1.49. The summed E-state index contributed by atoms with van der Waals surface area (Å²) in [6, 6.07) is 9.49. The fraction of sp³-hybridized carbons (Fsp3) is 0.600. The number of ether oxygens (including phenoxy) is 5. The molecule has 10 heteroatoms. The number of rotatable bonds is 18. The minimum Gasteiger partial charge on any atom is -0.445 e. The van der Waals surface area contributed by atoms with Crippen LogP contribution < -0.4 is 10.6 Å². The first-order valence-corrected chi connectivity index (χ1v) is 10.9. The molecule has 1 aromatic carbocycles. The zero-order chi connectivity index (χ0) is 21.7. The molecule has 1 rings (SSSR count). The standard InChI is InChI=1S/C20H31BrN2O7/c21-16-19(24)22-6-8-26-10-12-28-14-15-29-13-11-27-9-7-23-20(25)30-17-18-4-2-1-3-5-18/h1-5H,6-17H2,(H,22,24)(H,23,25). The number of alkyl carbamates (subject to hydrolysis) is 1. The van der Waals surface area contributed by atoms with Crippen molar-refractivity contribution in [2.75, 3.05) is 71.3 Å². The summed E-state index contributed by atoms with van der Waals surface area (Å²) in [5.41, 5.74) is 0.938. The van der Waals surface area contributed by atoms with E-state index in [1.807, 2.05) is 30.3 Å². The van der Waals surface area contributed by atoms with E-state index in [1.165, 1.54) is 0 Å². The maximum Gasteiger partial charge on any atom is 0.407 e. The number of hydrogen-bond acceptors (Lipinski definition) is 7. The summed E-state index contributed by atoms with van der Waals surface area (Å²) >= 11 is 3.06. The highest BCUT2D eigenvalue weighted by Crippen LogP contribution is 2.00. The van der Waals surface area contributed by atoms with Gasteiger partial charge in [-0.2, -0.15) is 0 Å². The minimum absolute atomic E-state index is 0.0615. The molecule has 170 valence electrons. The van der Waals surface area contributed by atoms with E-state index in [2.05, 4.69) is 26.6 Å². The van der Waals surface area contributed by atoms with E-state index in [9.17, 15) is 9.59 Å². The molecule has 30 heavy (non-hydrogen) atoms. The third kappa shape index (κ3) is 16.1. The molecular formula is C20H31BrN2O7. The Balaban J connectivity index is 1.75. The molecule has 0 atom stereocenters. The number of amides is 2. The maximum absolute atomic E-state index is 11.5. The number of nitrogens with one attached hydrogen (secondary N) is 2. The first kappa shape index (κ1) is 26.3. The molecule has 0 unspecified atom stereocenters. The zero-order valence-corrected chi connectivity index (χ0v) is 18.7. The molecule has 0 saturated heterocycles. The third-order valence-corrected chi connectivity index (χ3v) is 4.04. The van der Waals surface area contributed by atoms with Crippen molar-refractivity contribution in [3.05, 3.63) is 35.9 Å². The summed E-state index contributed by atoms with van der Waals surface area (Å²) in [5.74, 6) is -0.0615. The molecule has 2 N–H and O–H groups in total. The normalized spacial score (nSPS) is 10.6. The molecular weight excluding hydrogens is 460 g/mol. The minimum atomic E-state index is -0.469. The lowest BCUT2D eigenvalue weighted by Gasteiger charge is -2.09. The van der Waals surface area contributed by atoms with Gasteiger partial charge in [-0.15, -0.1) is 0 Å². The number of halogens is 1. The van der Waals surface area contributed by atoms with Gasteiger partial charge in [0.1, 0.15) is 6.61 Å². The van der Waals surface area contributed by atoms with Crippen LogP contribution in [0.1, 0.15) is 5.56 Å². The van der Waals surface area contributed by atoms with Crippen molar-refractivity contribution in [2.24, 2.45) is 0 Å². The second kappa shape index (κ2) is 19.3. The van der Waals surface area contributed by atoms with Gasteiger partial charge in [-0.3, -0.25) is 4.79 Å². The van der Waals surface area contributed by atoms with Crippen molar-refractivity contribution in [1.82, 2.24) is 10.6 Å². The number of benzene rings is 1. The number of alkyl halides is 1. The van der Waals surface area contributed by atoms with Gasteiger partial charge < -0.3 is 34.3 Å². The first-order chi connectivity index (χ1) is 14.7. The van der Waals surface area contributed by atoms with Crippen LogP contribution in [0.3, 0.4) is 0 Å². The van der Waals surface area contributed by atoms with E-state index < -0.39 is 6.09 Å². The predicted molar refractivity (Wildman–Crippen MR) is 115 cm³/mol. The summed E-state index contributed by atoms with van der Waals surface area (Å²) in [4.78, 5) is 22.5. The zero-order valence-electron chi connectivity index (χ0n) is 17.1. The van der Waals surface area contributed by atoms with Gasteiger partial charge in [-0.05, 0) is 5.56 Å². The van der Waals surface area contributed by atoms with Gasteiger partial charge in [0, 0.05) is 13.1 Å². The van der Waals surface area contributed by atoms with Crippen molar-refractivity contribution >= 4 is 27.9 Å². The lowest BCUT2D eigenvalue weighted by atomic mass is 10.2. The van der Waals surface area contributed by atoms with Crippen molar-refractivity contribution in [2.45, 2.75) is 6.61 Å². The van der Waals surface area contributed by atoms with E-state index in [0.29, 0.717) is 71.3 Å². The Morgan fingerprint density at radius 1 is 0.733 bits per heavy atom. The van der Waals surface area contributed by atoms with Gasteiger partial charge in [-0.25, -0.2) is 4.79 Å². The average Bonchev–Trinajstić information content (AvgIpc) is 2.77. The Bertz CT molecular complexity index is 563. The Morgan fingerprint density at radius 3 is 1.77 bits per heavy atom. The fourth-order valence-electron chi connectivity index (χ4n) is 2.07. The lowest BCUT2D eigenvalue weighted by molar-refractivity contribution is -0.118. The number of hydrogen-bond donors (Lipinski definition) is 2. The fourth-order valence-corrected chi connectivity index (χ4v) is 2.27. The second-order valence-corrected chi connectivity index (χ2v) is 6.48. The molecule has 0 saturated carbocycles. The highest BCUT2D eigenvalue weighted by Gasteiger charge is 2.01. The van der Waals surface area contributed by atoms with Crippen molar-refractivity contribution in [3.63, 3.8) is 0 Å². The third-order valence-electron chi connectivity index (χ3n) is 3.53. The summed E-state index contributed by atoms with van der Waals surface area (Å²) in [7, 11) is 0. The number of carbonyl (C=O) groups is 2. The van der Waals surface area contributed by atoms with Gasteiger partial charge in [-0.1, -0.05) is 46.3 Å². The first-order valence-electron chi connectivity index (χ1n) is 9.80.